The van der Waals surface area contributed by atoms with Crippen molar-refractivity contribution in [1.29, 1.82) is 0 Å². The molecule has 2 saturated heterocycles. The van der Waals surface area contributed by atoms with Gasteiger partial charge in [-0.25, -0.2) is 9.59 Å². The van der Waals surface area contributed by atoms with Crippen LogP contribution in [0.3, 0.4) is 0 Å². The Balaban J connectivity index is 2.05. The average Bonchev–Trinajstić information content (AvgIpc) is 2.76. The van der Waals surface area contributed by atoms with Gasteiger partial charge in [0, 0.05) is 23.1 Å². The van der Waals surface area contributed by atoms with Gasteiger partial charge in [0.25, 0.3) is 0 Å². The molecule has 0 aromatic carbocycles. The fourth-order valence-electron chi connectivity index (χ4n) is 3.56. The van der Waals surface area contributed by atoms with E-state index in [9.17, 15) is 14.4 Å². The van der Waals surface area contributed by atoms with Crippen LogP contribution in [0.25, 0.3) is 0 Å². The second-order valence-corrected chi connectivity index (χ2v) is 7.11. The summed E-state index contributed by atoms with van der Waals surface area (Å²) in [6.45, 7) is 12.8. The lowest BCUT2D eigenvalue weighted by Crippen LogP contribution is -2.40. The first-order valence-electron chi connectivity index (χ1n) is 8.50. The molecule has 26 heavy (non-hydrogen) atoms. The minimum Gasteiger partial charge on any atom is -0.458 e. The maximum atomic E-state index is 12.3. The fraction of sp³-hybridized carbons (Fsp3) is 0.450. The first-order chi connectivity index (χ1) is 12.2. The van der Waals surface area contributed by atoms with Gasteiger partial charge in [-0.2, -0.15) is 0 Å². The van der Waals surface area contributed by atoms with Gasteiger partial charge >= 0.3 is 11.9 Å². The smallest absolute Gasteiger partial charge is 0.334 e. The van der Waals surface area contributed by atoms with Crippen molar-refractivity contribution < 1.29 is 28.6 Å². The van der Waals surface area contributed by atoms with Crippen LogP contribution in [0.5, 0.6) is 0 Å². The van der Waals surface area contributed by atoms with Gasteiger partial charge in [0.1, 0.15) is 18.3 Å². The summed E-state index contributed by atoms with van der Waals surface area (Å²) in [5, 5.41) is 0. The van der Waals surface area contributed by atoms with Gasteiger partial charge in [0.05, 0.1) is 11.5 Å². The zero-order valence-electron chi connectivity index (χ0n) is 15.1. The maximum Gasteiger partial charge on any atom is 0.334 e. The summed E-state index contributed by atoms with van der Waals surface area (Å²) in [7, 11) is 0. The van der Waals surface area contributed by atoms with E-state index in [1.807, 2.05) is 0 Å². The molecule has 0 aromatic heterocycles. The lowest BCUT2D eigenvalue weighted by atomic mass is 9.82. The van der Waals surface area contributed by atoms with Gasteiger partial charge in [-0.15, -0.1) is 0 Å². The summed E-state index contributed by atoms with van der Waals surface area (Å²) < 4.78 is 17.3. The van der Waals surface area contributed by atoms with E-state index in [-0.39, 0.29) is 23.4 Å². The quantitative estimate of drug-likeness (QED) is 0.556. The van der Waals surface area contributed by atoms with Crippen molar-refractivity contribution >= 4 is 17.7 Å². The molecule has 1 unspecified atom stereocenters. The molecule has 3 aliphatic rings. The Morgan fingerprint density at radius 1 is 1.35 bits per heavy atom. The number of ketones is 1. The molecule has 0 aromatic rings. The molecule has 6 nitrogen and oxygen atoms in total. The van der Waals surface area contributed by atoms with E-state index in [4.69, 9.17) is 14.2 Å². The Morgan fingerprint density at radius 2 is 2.04 bits per heavy atom. The second kappa shape index (κ2) is 6.36. The zero-order valence-corrected chi connectivity index (χ0v) is 15.1. The molecule has 2 bridgehead atoms. The van der Waals surface area contributed by atoms with Crippen molar-refractivity contribution in [2.24, 2.45) is 5.92 Å². The highest BCUT2D eigenvalue weighted by Gasteiger charge is 2.56. The van der Waals surface area contributed by atoms with Crippen LogP contribution >= 0.6 is 0 Å². The highest BCUT2D eigenvalue weighted by molar-refractivity contribution is 6.05. The first kappa shape index (κ1) is 18.3. The molecule has 0 N–H and O–H groups in total. The highest BCUT2D eigenvalue weighted by Crippen LogP contribution is 2.45. The van der Waals surface area contributed by atoms with E-state index in [1.54, 1.807) is 32.9 Å². The summed E-state index contributed by atoms with van der Waals surface area (Å²) in [6, 6.07) is 0. The first-order valence-corrected chi connectivity index (χ1v) is 8.50. The summed E-state index contributed by atoms with van der Waals surface area (Å²) in [5.74, 6) is -1.92. The molecule has 5 atom stereocenters. The van der Waals surface area contributed by atoms with Crippen molar-refractivity contribution in [1.82, 2.24) is 0 Å². The number of hydrogen-bond donors (Lipinski definition) is 0. The molecule has 138 valence electrons. The number of hydrogen-bond acceptors (Lipinski definition) is 6. The summed E-state index contributed by atoms with van der Waals surface area (Å²) in [6.07, 6.45) is 2.67. The van der Waals surface area contributed by atoms with E-state index in [0.717, 1.165) is 0 Å². The molecule has 0 aliphatic carbocycles. The number of carbonyl (C=O) groups excluding carboxylic acids is 3. The van der Waals surface area contributed by atoms with E-state index in [2.05, 4.69) is 13.2 Å². The minimum atomic E-state index is -0.869. The van der Waals surface area contributed by atoms with Crippen molar-refractivity contribution in [2.75, 3.05) is 0 Å². The number of allylic oxidation sites excluding steroid dienone is 2. The molecule has 0 radical (unpaired) electrons. The molecule has 0 amide bonds. The van der Waals surface area contributed by atoms with Gasteiger partial charge in [-0.3, -0.25) is 4.79 Å². The van der Waals surface area contributed by atoms with Gasteiger partial charge in [0.15, 0.2) is 5.78 Å². The molecule has 3 aliphatic heterocycles. The number of rotatable bonds is 2. The normalized spacial score (nSPS) is 37.0. The lowest BCUT2D eigenvalue weighted by molar-refractivity contribution is -0.148. The average molecular weight is 358 g/mol. The van der Waals surface area contributed by atoms with Crippen LogP contribution in [-0.2, 0) is 28.6 Å². The van der Waals surface area contributed by atoms with Crippen molar-refractivity contribution in [3.63, 3.8) is 0 Å². The third-order valence-electron chi connectivity index (χ3n) is 5.22. The molecular weight excluding hydrogens is 336 g/mol. The van der Waals surface area contributed by atoms with Crippen molar-refractivity contribution in [3.8, 4) is 0 Å². The number of carbonyl (C=O) groups is 3. The topological polar surface area (TPSA) is 78.9 Å². The third kappa shape index (κ3) is 2.94. The largest absolute Gasteiger partial charge is 0.458 e. The number of ether oxygens (including phenoxy) is 3. The van der Waals surface area contributed by atoms with Gasteiger partial charge < -0.3 is 14.2 Å². The van der Waals surface area contributed by atoms with Crippen molar-refractivity contribution in [2.45, 2.75) is 51.1 Å². The summed E-state index contributed by atoms with van der Waals surface area (Å²) in [5.41, 5.74) is 0.0155. The van der Waals surface area contributed by atoms with E-state index in [1.165, 1.54) is 6.08 Å². The Bertz CT molecular complexity index is 773. The zero-order chi connectivity index (χ0) is 19.2. The van der Waals surface area contributed by atoms with Gasteiger partial charge in [-0.1, -0.05) is 19.2 Å². The lowest BCUT2D eigenvalue weighted by Gasteiger charge is -2.29. The summed E-state index contributed by atoms with van der Waals surface area (Å²) >= 11 is 0. The summed E-state index contributed by atoms with van der Waals surface area (Å²) in [4.78, 5) is 36.7. The van der Waals surface area contributed by atoms with Crippen LogP contribution in [0.15, 0.2) is 48.1 Å². The molecule has 3 rings (SSSR count). The van der Waals surface area contributed by atoms with Crippen LogP contribution < -0.4 is 0 Å². The molecule has 2 fully saturated rings. The Hall–Kier alpha value is -2.47. The van der Waals surface area contributed by atoms with Crippen LogP contribution in [0.1, 0.15) is 27.2 Å². The number of esters is 2. The third-order valence-corrected chi connectivity index (χ3v) is 5.22. The standard InChI is InChI=1S/C20H22O6/c1-6-10(2)18(22)24-14-9-20(5)8-7-13(21)11(3)16(26-20)17-15(14)12(4)19(23)25-17/h6-8,14-17H,3-4,9H2,1-2,5H3/b10-6-/t14-,15-,16?,17+,20-/m1/s1. The Kier molecular flexibility index (Phi) is 4.48. The SMILES string of the molecule is C=C1C(=O)C=C[C@]2(C)C[C@@H](OC(=O)/C(C)=C\C)[C@H]3C(=C)C(=O)O[C@@H]3C1O2. The molecule has 0 spiro atoms. The van der Waals surface area contributed by atoms with Crippen LogP contribution in [-0.4, -0.2) is 41.6 Å². The van der Waals surface area contributed by atoms with Crippen LogP contribution in [0.4, 0.5) is 0 Å². The Labute approximate surface area is 152 Å². The van der Waals surface area contributed by atoms with E-state index in [0.29, 0.717) is 5.57 Å². The van der Waals surface area contributed by atoms with E-state index < -0.39 is 41.8 Å². The minimum absolute atomic E-state index is 0.207. The van der Waals surface area contributed by atoms with Crippen LogP contribution in [0, 0.1) is 5.92 Å². The van der Waals surface area contributed by atoms with E-state index >= 15 is 0 Å². The maximum absolute atomic E-state index is 12.3. The predicted octanol–water partition coefficient (Wildman–Crippen LogP) is 2.20. The van der Waals surface area contributed by atoms with Crippen molar-refractivity contribution in [3.05, 3.63) is 48.1 Å². The molecule has 6 heteroatoms. The monoisotopic (exact) mass is 358 g/mol. The van der Waals surface area contributed by atoms with Crippen LogP contribution in [0.2, 0.25) is 0 Å². The fourth-order valence-corrected chi connectivity index (χ4v) is 3.56. The molecule has 3 heterocycles. The predicted molar refractivity (Wildman–Crippen MR) is 93.0 cm³/mol. The molecular formula is C20H22O6. The highest BCUT2D eigenvalue weighted by atomic mass is 16.6. The molecule has 0 saturated carbocycles. The van der Waals surface area contributed by atoms with Gasteiger partial charge in [0.2, 0.25) is 0 Å². The van der Waals surface area contributed by atoms with Gasteiger partial charge in [-0.05, 0) is 32.9 Å². The number of fused-ring (bicyclic) bond motifs is 4. The second-order valence-electron chi connectivity index (χ2n) is 7.11. The Morgan fingerprint density at radius 3 is 2.69 bits per heavy atom.